The zero-order chi connectivity index (χ0) is 45.2. The van der Waals surface area contributed by atoms with E-state index in [0.29, 0.717) is 0 Å². The van der Waals surface area contributed by atoms with Crippen LogP contribution in [0.3, 0.4) is 0 Å². The molecule has 4 heterocycles. The Balaban J connectivity index is 0.970. The molecule has 11 aromatic carbocycles. The molecular weight excluding hydrogens is 857 g/mol. The molecule has 0 saturated heterocycles. The van der Waals surface area contributed by atoms with Crippen LogP contribution in [0.4, 0.5) is 0 Å². The van der Waals surface area contributed by atoms with E-state index in [1.54, 1.807) is 11.3 Å². The lowest BCUT2D eigenvalue weighted by Gasteiger charge is -2.18. The Morgan fingerprint density at radius 1 is 0.333 bits per heavy atom. The van der Waals surface area contributed by atoms with E-state index in [4.69, 9.17) is 9.97 Å². The van der Waals surface area contributed by atoms with Gasteiger partial charge in [-0.2, -0.15) is 0 Å². The summed E-state index contributed by atoms with van der Waals surface area (Å²) in [4.78, 5) is 11.0. The van der Waals surface area contributed by atoms with E-state index < -0.39 is 0 Å². The number of hydrogen-bond acceptors (Lipinski definition) is 3. The van der Waals surface area contributed by atoms with Crippen molar-refractivity contribution in [3.63, 3.8) is 0 Å². The molecule has 4 nitrogen and oxygen atoms in total. The SMILES string of the molecule is c1ccc(-c2nc(-c3cccc4c3c3ccccc3c3cccc(-n5c6ccccc6c6cc(-c7ccc8c(c7)c7ccccc7n8-c7ccccc7)ccc65)c34)nc3c2sc2ccccc23)cc1. The van der Waals surface area contributed by atoms with E-state index in [-0.39, 0.29) is 0 Å². The van der Waals surface area contributed by atoms with Crippen molar-refractivity contribution in [2.24, 2.45) is 0 Å². The lowest BCUT2D eigenvalue weighted by molar-refractivity contribution is 1.18. The summed E-state index contributed by atoms with van der Waals surface area (Å²) >= 11 is 1.77. The predicted octanol–water partition coefficient (Wildman–Crippen LogP) is 17.5. The van der Waals surface area contributed by atoms with Crippen molar-refractivity contribution in [2.75, 3.05) is 0 Å². The van der Waals surface area contributed by atoms with Gasteiger partial charge in [0, 0.05) is 59.2 Å². The molecule has 320 valence electrons. The van der Waals surface area contributed by atoms with Gasteiger partial charge in [-0.15, -0.1) is 11.3 Å². The normalized spacial score (nSPS) is 12.1. The first-order chi connectivity index (χ1) is 34.2. The molecule has 15 aromatic rings. The van der Waals surface area contributed by atoms with Crippen LogP contribution in [-0.2, 0) is 0 Å². The second kappa shape index (κ2) is 14.8. The molecule has 0 atom stereocenters. The van der Waals surface area contributed by atoms with E-state index in [1.165, 1.54) is 80.9 Å². The number of aromatic nitrogens is 4. The minimum absolute atomic E-state index is 0.727. The Kier molecular flexibility index (Phi) is 8.20. The Hall–Kier alpha value is -8.90. The number of rotatable bonds is 5. The minimum Gasteiger partial charge on any atom is -0.309 e. The third-order valence-corrected chi connectivity index (χ3v) is 15.5. The third kappa shape index (κ3) is 5.62. The van der Waals surface area contributed by atoms with E-state index in [2.05, 4.69) is 240 Å². The maximum absolute atomic E-state index is 5.50. The molecule has 69 heavy (non-hydrogen) atoms. The van der Waals surface area contributed by atoms with Crippen LogP contribution in [0, 0.1) is 0 Å². The highest BCUT2D eigenvalue weighted by atomic mass is 32.1. The molecule has 0 fully saturated rings. The fraction of sp³-hybridized carbons (Fsp3) is 0. The van der Waals surface area contributed by atoms with Crippen LogP contribution in [0.2, 0.25) is 0 Å². The fourth-order valence-corrected chi connectivity index (χ4v) is 12.5. The van der Waals surface area contributed by atoms with Crippen LogP contribution in [-0.4, -0.2) is 19.1 Å². The second-order valence-electron chi connectivity index (χ2n) is 18.0. The van der Waals surface area contributed by atoms with Crippen LogP contribution < -0.4 is 0 Å². The standard InChI is InChI=1S/C64H38N4S/c1-3-17-39(18-4-1)61-63-62(48-25-11-14-32-58(48)69-63)66-64(65-61)50-28-15-27-49-59(50)46-24-8-7-21-43(46)47-26-16-31-57(60(47)49)68-54-30-13-10-23-45(54)52-38-41(34-36-56(52)68)40-33-35-55-51(37-40)44-22-9-12-29-53(44)67(55)42-19-5-2-6-20-42/h1-38H. The number of thiophene rings is 1. The summed E-state index contributed by atoms with van der Waals surface area (Å²) in [6, 6.07) is 83.8. The van der Waals surface area contributed by atoms with Crippen molar-refractivity contribution in [1.29, 1.82) is 0 Å². The molecule has 0 aliphatic rings. The molecule has 4 aromatic heterocycles. The summed E-state index contributed by atoms with van der Waals surface area (Å²) in [5, 5.41) is 13.2. The Labute approximate surface area is 400 Å². The number of benzene rings is 11. The van der Waals surface area contributed by atoms with E-state index >= 15 is 0 Å². The van der Waals surface area contributed by atoms with Crippen LogP contribution in [0.25, 0.3) is 141 Å². The van der Waals surface area contributed by atoms with Crippen molar-refractivity contribution in [3.05, 3.63) is 231 Å². The molecule has 0 N–H and O–H groups in total. The molecule has 15 rings (SSSR count). The van der Waals surface area contributed by atoms with Gasteiger partial charge in [0.15, 0.2) is 5.82 Å². The molecule has 0 bridgehead atoms. The van der Waals surface area contributed by atoms with Gasteiger partial charge in [-0.3, -0.25) is 0 Å². The van der Waals surface area contributed by atoms with Gasteiger partial charge in [0.2, 0.25) is 0 Å². The Morgan fingerprint density at radius 2 is 0.870 bits per heavy atom. The van der Waals surface area contributed by atoms with Crippen molar-refractivity contribution in [3.8, 4) is 45.1 Å². The molecule has 5 heteroatoms. The van der Waals surface area contributed by atoms with Gasteiger partial charge >= 0.3 is 0 Å². The summed E-state index contributed by atoms with van der Waals surface area (Å²) in [7, 11) is 0. The van der Waals surface area contributed by atoms with Crippen molar-refractivity contribution >= 4 is 108 Å². The highest BCUT2D eigenvalue weighted by Gasteiger charge is 2.23. The summed E-state index contributed by atoms with van der Waals surface area (Å²) in [6.07, 6.45) is 0. The van der Waals surface area contributed by atoms with E-state index in [1.807, 2.05) is 0 Å². The molecular formula is C64H38N4S. The number of hydrogen-bond donors (Lipinski definition) is 0. The lowest BCUT2D eigenvalue weighted by Crippen LogP contribution is -1.98. The number of fused-ring (bicyclic) bond motifs is 15. The average Bonchev–Trinajstić information content (AvgIpc) is 4.08. The van der Waals surface area contributed by atoms with Gasteiger partial charge in [0.05, 0.1) is 43.7 Å². The van der Waals surface area contributed by atoms with Gasteiger partial charge in [0.25, 0.3) is 0 Å². The van der Waals surface area contributed by atoms with E-state index in [0.717, 1.165) is 60.5 Å². The van der Waals surface area contributed by atoms with Gasteiger partial charge in [-0.25, -0.2) is 9.97 Å². The predicted molar refractivity (Wildman–Crippen MR) is 292 cm³/mol. The first-order valence-electron chi connectivity index (χ1n) is 23.5. The minimum atomic E-state index is 0.727. The number of nitrogens with zero attached hydrogens (tertiary/aromatic N) is 4. The zero-order valence-corrected chi connectivity index (χ0v) is 38.0. The number of para-hydroxylation sites is 3. The lowest BCUT2D eigenvalue weighted by atomic mass is 9.90. The first-order valence-corrected chi connectivity index (χ1v) is 24.3. The molecule has 0 unspecified atom stereocenters. The summed E-state index contributed by atoms with van der Waals surface area (Å²) in [5.41, 5.74) is 13.5. The topological polar surface area (TPSA) is 35.6 Å². The van der Waals surface area contributed by atoms with Crippen molar-refractivity contribution in [2.45, 2.75) is 0 Å². The fourth-order valence-electron chi connectivity index (χ4n) is 11.3. The molecule has 0 aliphatic heterocycles. The zero-order valence-electron chi connectivity index (χ0n) is 37.1. The van der Waals surface area contributed by atoms with Gasteiger partial charge in [-0.1, -0.05) is 170 Å². The Morgan fingerprint density at radius 3 is 1.61 bits per heavy atom. The highest BCUT2D eigenvalue weighted by Crippen LogP contribution is 2.46. The monoisotopic (exact) mass is 894 g/mol. The molecule has 0 spiro atoms. The quantitative estimate of drug-likeness (QED) is 0.161. The molecule has 0 radical (unpaired) electrons. The highest BCUT2D eigenvalue weighted by molar-refractivity contribution is 7.26. The Bertz CT molecular complexity index is 4600. The van der Waals surface area contributed by atoms with Crippen LogP contribution in [0.15, 0.2) is 231 Å². The molecule has 0 amide bonds. The summed E-state index contributed by atoms with van der Waals surface area (Å²) < 4.78 is 7.18. The van der Waals surface area contributed by atoms with Crippen LogP contribution in [0.5, 0.6) is 0 Å². The van der Waals surface area contributed by atoms with Crippen molar-refractivity contribution in [1.82, 2.24) is 19.1 Å². The molecule has 0 saturated carbocycles. The summed E-state index contributed by atoms with van der Waals surface area (Å²) in [6.45, 7) is 0. The largest absolute Gasteiger partial charge is 0.309 e. The maximum atomic E-state index is 5.50. The van der Waals surface area contributed by atoms with Gasteiger partial charge < -0.3 is 9.13 Å². The van der Waals surface area contributed by atoms with Gasteiger partial charge in [-0.05, 0) is 93.3 Å². The average molecular weight is 895 g/mol. The van der Waals surface area contributed by atoms with Gasteiger partial charge in [0.1, 0.15) is 0 Å². The maximum Gasteiger partial charge on any atom is 0.161 e. The molecule has 0 aliphatic carbocycles. The third-order valence-electron chi connectivity index (χ3n) is 14.3. The van der Waals surface area contributed by atoms with Crippen molar-refractivity contribution < 1.29 is 0 Å². The van der Waals surface area contributed by atoms with E-state index in [9.17, 15) is 0 Å². The van der Waals surface area contributed by atoms with Crippen LogP contribution in [0.1, 0.15) is 0 Å². The summed E-state index contributed by atoms with van der Waals surface area (Å²) in [5.74, 6) is 0.727. The second-order valence-corrected chi connectivity index (χ2v) is 19.1. The smallest absolute Gasteiger partial charge is 0.161 e. The first kappa shape index (κ1) is 38.2. The van der Waals surface area contributed by atoms with Crippen LogP contribution >= 0.6 is 11.3 Å².